The Morgan fingerprint density at radius 3 is 2.48 bits per heavy atom. The second-order valence-corrected chi connectivity index (χ2v) is 6.59. The SMILES string of the molecule is NC(=O)N[C@@H]1CCCN(c2ccc(N3CCCC(F)(F)C3)cc2)C1=O. The molecule has 1 aromatic carbocycles. The summed E-state index contributed by atoms with van der Waals surface area (Å²) in [7, 11) is 0. The molecule has 8 heteroatoms. The lowest BCUT2D eigenvalue weighted by Gasteiger charge is -2.35. The van der Waals surface area contributed by atoms with Gasteiger partial charge in [-0.25, -0.2) is 13.6 Å². The minimum atomic E-state index is -2.66. The van der Waals surface area contributed by atoms with Gasteiger partial charge in [0.2, 0.25) is 5.91 Å². The minimum Gasteiger partial charge on any atom is -0.365 e. The molecule has 3 amide bonds. The van der Waals surface area contributed by atoms with Crippen LogP contribution in [0.1, 0.15) is 25.7 Å². The summed E-state index contributed by atoms with van der Waals surface area (Å²) >= 11 is 0. The normalized spacial score (nSPS) is 23.4. The van der Waals surface area contributed by atoms with Crippen molar-refractivity contribution >= 4 is 23.3 Å². The van der Waals surface area contributed by atoms with Crippen LogP contribution in [0.4, 0.5) is 25.0 Å². The van der Waals surface area contributed by atoms with Gasteiger partial charge in [-0.05, 0) is 43.5 Å². The Morgan fingerprint density at radius 2 is 1.84 bits per heavy atom. The van der Waals surface area contributed by atoms with Crippen molar-refractivity contribution in [3.05, 3.63) is 24.3 Å². The Labute approximate surface area is 144 Å². The van der Waals surface area contributed by atoms with E-state index in [0.29, 0.717) is 31.6 Å². The zero-order valence-electron chi connectivity index (χ0n) is 13.9. The molecule has 0 spiro atoms. The summed E-state index contributed by atoms with van der Waals surface area (Å²) in [4.78, 5) is 26.7. The van der Waals surface area contributed by atoms with Crippen LogP contribution in [0.25, 0.3) is 0 Å². The molecule has 2 saturated heterocycles. The van der Waals surface area contributed by atoms with E-state index in [1.807, 2.05) is 0 Å². The highest BCUT2D eigenvalue weighted by Gasteiger charge is 2.35. The lowest BCUT2D eigenvalue weighted by Crippen LogP contribution is -2.53. The third kappa shape index (κ3) is 4.00. The lowest BCUT2D eigenvalue weighted by atomic mass is 10.0. The number of hydrogen-bond acceptors (Lipinski definition) is 3. The van der Waals surface area contributed by atoms with Crippen molar-refractivity contribution in [2.24, 2.45) is 5.73 Å². The van der Waals surface area contributed by atoms with Gasteiger partial charge in [-0.3, -0.25) is 4.79 Å². The summed E-state index contributed by atoms with van der Waals surface area (Å²) in [6, 6.07) is 5.69. The van der Waals surface area contributed by atoms with Gasteiger partial charge in [0.25, 0.3) is 5.92 Å². The standard InChI is InChI=1S/C17H22F2N4O2/c18-17(19)8-2-9-22(11-17)12-4-6-13(7-5-12)23-10-1-3-14(15(23)24)21-16(20)25/h4-7,14H,1-3,8-11H2,(H3,20,21,25)/t14-/m1/s1. The van der Waals surface area contributed by atoms with E-state index in [1.54, 1.807) is 34.1 Å². The molecule has 1 atom stereocenters. The average Bonchev–Trinajstić information content (AvgIpc) is 2.56. The molecule has 0 unspecified atom stereocenters. The first-order valence-electron chi connectivity index (χ1n) is 8.46. The Kier molecular flexibility index (Phi) is 4.78. The molecule has 3 N–H and O–H groups in total. The summed E-state index contributed by atoms with van der Waals surface area (Å²) in [5.74, 6) is -2.87. The zero-order chi connectivity index (χ0) is 18.0. The van der Waals surface area contributed by atoms with E-state index in [2.05, 4.69) is 5.32 Å². The smallest absolute Gasteiger partial charge is 0.312 e. The molecule has 6 nitrogen and oxygen atoms in total. The highest BCUT2D eigenvalue weighted by Crippen LogP contribution is 2.31. The first-order valence-corrected chi connectivity index (χ1v) is 8.46. The number of hydrogen-bond donors (Lipinski definition) is 2. The first-order chi connectivity index (χ1) is 11.9. The van der Waals surface area contributed by atoms with E-state index in [9.17, 15) is 18.4 Å². The number of carbonyl (C=O) groups is 2. The molecule has 2 aliphatic rings. The Bertz CT molecular complexity index is 651. The third-order valence-corrected chi connectivity index (χ3v) is 4.67. The molecule has 0 saturated carbocycles. The Hall–Kier alpha value is -2.38. The number of primary amides is 1. The highest BCUT2D eigenvalue weighted by molar-refractivity contribution is 5.99. The molecular formula is C17H22F2N4O2. The molecule has 2 heterocycles. The van der Waals surface area contributed by atoms with Crippen molar-refractivity contribution in [1.82, 2.24) is 5.32 Å². The van der Waals surface area contributed by atoms with Gasteiger partial charge < -0.3 is 20.9 Å². The largest absolute Gasteiger partial charge is 0.365 e. The van der Waals surface area contributed by atoms with Crippen molar-refractivity contribution in [2.75, 3.05) is 29.4 Å². The molecule has 1 aromatic rings. The molecule has 0 aromatic heterocycles. The van der Waals surface area contributed by atoms with Crippen LogP contribution in [0.2, 0.25) is 0 Å². The number of anilines is 2. The minimum absolute atomic E-state index is 0.0713. The summed E-state index contributed by atoms with van der Waals surface area (Å²) in [5.41, 5.74) is 6.52. The van der Waals surface area contributed by atoms with Crippen LogP contribution in [0.3, 0.4) is 0 Å². The molecule has 0 bridgehead atoms. The number of benzene rings is 1. The van der Waals surface area contributed by atoms with E-state index < -0.39 is 18.0 Å². The number of piperidine rings is 2. The summed E-state index contributed by atoms with van der Waals surface area (Å²) in [6.07, 6.45) is 1.69. The molecule has 136 valence electrons. The second-order valence-electron chi connectivity index (χ2n) is 6.59. The highest BCUT2D eigenvalue weighted by atomic mass is 19.3. The van der Waals surface area contributed by atoms with Crippen LogP contribution in [0.15, 0.2) is 24.3 Å². The fraction of sp³-hybridized carbons (Fsp3) is 0.529. The number of nitrogens with zero attached hydrogens (tertiary/aromatic N) is 2. The number of nitrogens with one attached hydrogen (secondary N) is 1. The van der Waals surface area contributed by atoms with E-state index >= 15 is 0 Å². The number of nitrogens with two attached hydrogens (primary N) is 1. The van der Waals surface area contributed by atoms with Gasteiger partial charge in [-0.2, -0.15) is 0 Å². The van der Waals surface area contributed by atoms with Crippen molar-refractivity contribution in [3.63, 3.8) is 0 Å². The molecule has 0 aliphatic carbocycles. The van der Waals surface area contributed by atoms with Crippen LogP contribution in [-0.2, 0) is 4.79 Å². The molecule has 2 aliphatic heterocycles. The number of halogens is 2. The predicted molar refractivity (Wildman–Crippen MR) is 90.9 cm³/mol. The predicted octanol–water partition coefficient (Wildman–Crippen LogP) is 2.09. The van der Waals surface area contributed by atoms with Gasteiger partial charge in [0, 0.05) is 30.9 Å². The van der Waals surface area contributed by atoms with Crippen LogP contribution in [-0.4, -0.2) is 43.5 Å². The van der Waals surface area contributed by atoms with E-state index in [0.717, 1.165) is 12.1 Å². The van der Waals surface area contributed by atoms with E-state index in [-0.39, 0.29) is 18.9 Å². The van der Waals surface area contributed by atoms with E-state index in [4.69, 9.17) is 5.73 Å². The summed E-state index contributed by atoms with van der Waals surface area (Å²) < 4.78 is 27.1. The number of urea groups is 1. The van der Waals surface area contributed by atoms with Gasteiger partial charge in [0.15, 0.2) is 0 Å². The molecule has 25 heavy (non-hydrogen) atoms. The van der Waals surface area contributed by atoms with Crippen molar-refractivity contribution < 1.29 is 18.4 Å². The van der Waals surface area contributed by atoms with Crippen molar-refractivity contribution in [1.29, 1.82) is 0 Å². The fourth-order valence-electron chi connectivity index (χ4n) is 3.47. The Morgan fingerprint density at radius 1 is 1.16 bits per heavy atom. The number of alkyl halides is 2. The fourth-order valence-corrected chi connectivity index (χ4v) is 3.47. The van der Waals surface area contributed by atoms with Gasteiger partial charge in [0.1, 0.15) is 6.04 Å². The van der Waals surface area contributed by atoms with Crippen LogP contribution < -0.4 is 20.9 Å². The summed E-state index contributed by atoms with van der Waals surface area (Å²) in [6.45, 7) is 0.874. The zero-order valence-corrected chi connectivity index (χ0v) is 13.9. The maximum Gasteiger partial charge on any atom is 0.312 e. The van der Waals surface area contributed by atoms with Gasteiger partial charge in [0.05, 0.1) is 6.54 Å². The van der Waals surface area contributed by atoms with Crippen LogP contribution in [0.5, 0.6) is 0 Å². The first kappa shape index (κ1) is 17.4. The molecule has 0 radical (unpaired) electrons. The molecule has 2 fully saturated rings. The number of rotatable bonds is 3. The molecular weight excluding hydrogens is 330 g/mol. The number of carbonyl (C=O) groups excluding carboxylic acids is 2. The summed E-state index contributed by atoms with van der Waals surface area (Å²) in [5, 5.41) is 2.46. The Balaban J connectivity index is 1.71. The third-order valence-electron chi connectivity index (χ3n) is 4.67. The quantitative estimate of drug-likeness (QED) is 0.874. The van der Waals surface area contributed by atoms with Gasteiger partial charge in [-0.15, -0.1) is 0 Å². The molecule has 3 rings (SSSR count). The van der Waals surface area contributed by atoms with Crippen LogP contribution >= 0.6 is 0 Å². The van der Waals surface area contributed by atoms with E-state index in [1.165, 1.54) is 0 Å². The monoisotopic (exact) mass is 352 g/mol. The second kappa shape index (κ2) is 6.85. The van der Waals surface area contributed by atoms with Crippen molar-refractivity contribution in [3.8, 4) is 0 Å². The maximum absolute atomic E-state index is 13.6. The van der Waals surface area contributed by atoms with Crippen molar-refractivity contribution in [2.45, 2.75) is 37.6 Å². The number of amides is 3. The average molecular weight is 352 g/mol. The van der Waals surface area contributed by atoms with Gasteiger partial charge >= 0.3 is 6.03 Å². The van der Waals surface area contributed by atoms with Gasteiger partial charge in [-0.1, -0.05) is 0 Å². The topological polar surface area (TPSA) is 78.7 Å². The van der Waals surface area contributed by atoms with Crippen LogP contribution in [0, 0.1) is 0 Å². The lowest BCUT2D eigenvalue weighted by molar-refractivity contribution is -0.121. The maximum atomic E-state index is 13.6.